The van der Waals surface area contributed by atoms with E-state index in [-0.39, 0.29) is 17.0 Å². The molecule has 0 unspecified atom stereocenters. The van der Waals surface area contributed by atoms with Crippen LogP contribution in [0.3, 0.4) is 0 Å². The largest absolute Gasteiger partial charge is 0.333 e. The Hall–Kier alpha value is -1.47. The number of hydrogen-bond donors (Lipinski definition) is 1. The minimum Gasteiger partial charge on any atom is -0.333 e. The van der Waals surface area contributed by atoms with E-state index in [0.717, 1.165) is 24.4 Å². The Kier molecular flexibility index (Phi) is 3.39. The van der Waals surface area contributed by atoms with E-state index in [9.17, 15) is 14.9 Å². The molecule has 1 N–H and O–H groups in total. The number of nitrogens with zero attached hydrogens (tertiary/aromatic N) is 2. The van der Waals surface area contributed by atoms with Gasteiger partial charge in [0.05, 0.1) is 10.5 Å². The monoisotopic (exact) mass is 255 g/mol. The van der Waals surface area contributed by atoms with E-state index in [2.05, 4.69) is 5.32 Å². The topological polar surface area (TPSA) is 75.5 Å². The maximum Gasteiger partial charge on any atom is 0.324 e. The Morgan fingerprint density at radius 1 is 1.71 bits per heavy atom. The average Bonchev–Trinajstić information content (AvgIpc) is 2.78. The SMILES string of the molecule is C[C@@H]1CNCCN1C(=O)c1csc([N+](=O)[O-])c1. The van der Waals surface area contributed by atoms with Crippen molar-refractivity contribution in [3.8, 4) is 0 Å². The van der Waals surface area contributed by atoms with Crippen LogP contribution in [0.2, 0.25) is 0 Å². The van der Waals surface area contributed by atoms with Crippen molar-refractivity contribution in [3.05, 3.63) is 27.1 Å². The summed E-state index contributed by atoms with van der Waals surface area (Å²) in [6.07, 6.45) is 0. The van der Waals surface area contributed by atoms with Crippen molar-refractivity contribution in [1.82, 2.24) is 10.2 Å². The number of nitro groups is 1. The summed E-state index contributed by atoms with van der Waals surface area (Å²) in [5.74, 6) is -0.122. The summed E-state index contributed by atoms with van der Waals surface area (Å²) in [5, 5.41) is 15.3. The summed E-state index contributed by atoms with van der Waals surface area (Å²) < 4.78 is 0. The zero-order chi connectivity index (χ0) is 12.4. The molecular weight excluding hydrogens is 242 g/mol. The quantitative estimate of drug-likeness (QED) is 0.634. The highest BCUT2D eigenvalue weighted by Gasteiger charge is 2.25. The molecule has 0 radical (unpaired) electrons. The first-order valence-corrected chi connectivity index (χ1v) is 6.22. The van der Waals surface area contributed by atoms with E-state index >= 15 is 0 Å². The molecule has 92 valence electrons. The molecule has 0 saturated carbocycles. The summed E-state index contributed by atoms with van der Waals surface area (Å²) in [6, 6.07) is 1.47. The number of carbonyl (C=O) groups is 1. The zero-order valence-electron chi connectivity index (χ0n) is 9.38. The third-order valence-corrected chi connectivity index (χ3v) is 3.65. The van der Waals surface area contributed by atoms with E-state index in [1.54, 1.807) is 10.3 Å². The van der Waals surface area contributed by atoms with E-state index in [1.807, 2.05) is 6.92 Å². The average molecular weight is 255 g/mol. The fourth-order valence-electron chi connectivity index (χ4n) is 1.84. The van der Waals surface area contributed by atoms with Crippen LogP contribution in [0.5, 0.6) is 0 Å². The number of thiophene rings is 1. The lowest BCUT2D eigenvalue weighted by atomic mass is 10.2. The molecular formula is C10H13N3O3S. The van der Waals surface area contributed by atoms with Crippen LogP contribution in [0.25, 0.3) is 0 Å². The zero-order valence-corrected chi connectivity index (χ0v) is 10.2. The van der Waals surface area contributed by atoms with E-state index < -0.39 is 4.92 Å². The minimum atomic E-state index is -0.470. The third kappa shape index (κ3) is 2.45. The van der Waals surface area contributed by atoms with Gasteiger partial charge in [-0.1, -0.05) is 11.3 Å². The standard InChI is InChI=1S/C10H13N3O3S/c1-7-5-11-2-3-12(7)10(14)8-4-9(13(15)16)17-6-8/h4,6-7,11H,2-3,5H2,1H3/t7-/m1/s1. The Morgan fingerprint density at radius 3 is 3.06 bits per heavy atom. The van der Waals surface area contributed by atoms with Gasteiger partial charge in [-0.05, 0) is 6.92 Å². The molecule has 0 bridgehead atoms. The van der Waals surface area contributed by atoms with Crippen LogP contribution in [0.1, 0.15) is 17.3 Å². The summed E-state index contributed by atoms with van der Waals surface area (Å²) in [5.41, 5.74) is 0.412. The Labute approximate surface area is 102 Å². The van der Waals surface area contributed by atoms with Crippen molar-refractivity contribution in [1.29, 1.82) is 0 Å². The van der Waals surface area contributed by atoms with Crippen molar-refractivity contribution in [2.24, 2.45) is 0 Å². The van der Waals surface area contributed by atoms with Gasteiger partial charge in [-0.15, -0.1) is 0 Å². The van der Waals surface area contributed by atoms with Gasteiger partial charge in [0, 0.05) is 37.1 Å². The van der Waals surface area contributed by atoms with Crippen LogP contribution in [0.4, 0.5) is 5.00 Å². The first kappa shape index (κ1) is 12.0. The number of piperazine rings is 1. The molecule has 2 rings (SSSR count). The number of hydrogen-bond acceptors (Lipinski definition) is 5. The lowest BCUT2D eigenvalue weighted by Crippen LogP contribution is -2.52. The van der Waals surface area contributed by atoms with Crippen LogP contribution in [-0.4, -0.2) is 41.4 Å². The fraction of sp³-hybridized carbons (Fsp3) is 0.500. The predicted octanol–water partition coefficient (Wildman–Crippen LogP) is 1.09. The Morgan fingerprint density at radius 2 is 2.47 bits per heavy atom. The smallest absolute Gasteiger partial charge is 0.324 e. The summed E-state index contributed by atoms with van der Waals surface area (Å²) in [6.45, 7) is 4.13. The molecule has 0 aromatic carbocycles. The van der Waals surface area contributed by atoms with Crippen molar-refractivity contribution in [2.45, 2.75) is 13.0 Å². The molecule has 17 heavy (non-hydrogen) atoms. The first-order chi connectivity index (χ1) is 8.09. The van der Waals surface area contributed by atoms with Gasteiger partial charge in [0.25, 0.3) is 5.91 Å². The highest BCUT2D eigenvalue weighted by Crippen LogP contribution is 2.24. The molecule has 6 nitrogen and oxygen atoms in total. The lowest BCUT2D eigenvalue weighted by Gasteiger charge is -2.33. The second-order valence-electron chi connectivity index (χ2n) is 3.98. The maximum atomic E-state index is 12.1. The molecule has 2 heterocycles. The van der Waals surface area contributed by atoms with Crippen LogP contribution in [0, 0.1) is 10.1 Å². The highest BCUT2D eigenvalue weighted by molar-refractivity contribution is 7.13. The molecule has 0 aliphatic carbocycles. The van der Waals surface area contributed by atoms with Crippen LogP contribution < -0.4 is 5.32 Å². The van der Waals surface area contributed by atoms with E-state index in [1.165, 1.54) is 6.07 Å². The highest BCUT2D eigenvalue weighted by atomic mass is 32.1. The van der Waals surface area contributed by atoms with Gasteiger partial charge in [0.1, 0.15) is 0 Å². The molecule has 1 atom stereocenters. The number of amides is 1. The molecule has 1 aliphatic heterocycles. The van der Waals surface area contributed by atoms with E-state index in [0.29, 0.717) is 12.1 Å². The van der Waals surface area contributed by atoms with Gasteiger partial charge in [0.15, 0.2) is 0 Å². The molecule has 1 aliphatic rings. The van der Waals surface area contributed by atoms with Gasteiger partial charge in [0.2, 0.25) is 0 Å². The molecule has 0 spiro atoms. The minimum absolute atomic E-state index is 0.0103. The van der Waals surface area contributed by atoms with Crippen LogP contribution >= 0.6 is 11.3 Å². The fourth-order valence-corrected chi connectivity index (χ4v) is 2.54. The maximum absolute atomic E-state index is 12.1. The van der Waals surface area contributed by atoms with Crippen LogP contribution in [-0.2, 0) is 0 Å². The molecule has 1 aromatic heterocycles. The third-order valence-electron chi connectivity index (χ3n) is 2.77. The van der Waals surface area contributed by atoms with Gasteiger partial charge >= 0.3 is 5.00 Å². The molecule has 1 saturated heterocycles. The predicted molar refractivity (Wildman–Crippen MR) is 64.3 cm³/mol. The van der Waals surface area contributed by atoms with Gasteiger partial charge < -0.3 is 10.2 Å². The van der Waals surface area contributed by atoms with Gasteiger partial charge in [-0.3, -0.25) is 14.9 Å². The summed E-state index contributed by atoms with van der Waals surface area (Å²) in [7, 11) is 0. The van der Waals surface area contributed by atoms with Gasteiger partial charge in [-0.25, -0.2) is 0 Å². The van der Waals surface area contributed by atoms with Crippen molar-refractivity contribution in [3.63, 3.8) is 0 Å². The first-order valence-electron chi connectivity index (χ1n) is 5.34. The number of nitrogens with one attached hydrogen (secondary N) is 1. The normalized spacial score (nSPS) is 20.3. The van der Waals surface area contributed by atoms with Crippen molar-refractivity contribution in [2.75, 3.05) is 19.6 Å². The summed E-state index contributed by atoms with van der Waals surface area (Å²) in [4.78, 5) is 24.0. The number of carbonyl (C=O) groups excluding carboxylic acids is 1. The lowest BCUT2D eigenvalue weighted by molar-refractivity contribution is -0.380. The van der Waals surface area contributed by atoms with Crippen molar-refractivity contribution >= 4 is 22.2 Å². The molecule has 1 fully saturated rings. The second-order valence-corrected chi connectivity index (χ2v) is 4.87. The van der Waals surface area contributed by atoms with E-state index in [4.69, 9.17) is 0 Å². The molecule has 1 aromatic rings. The Bertz CT molecular complexity index is 446. The van der Waals surface area contributed by atoms with Gasteiger partial charge in [-0.2, -0.15) is 0 Å². The summed E-state index contributed by atoms with van der Waals surface area (Å²) >= 11 is 0.989. The number of rotatable bonds is 2. The second kappa shape index (κ2) is 4.80. The molecule has 7 heteroatoms. The molecule has 1 amide bonds. The Balaban J connectivity index is 2.15. The van der Waals surface area contributed by atoms with Crippen molar-refractivity contribution < 1.29 is 9.72 Å². The van der Waals surface area contributed by atoms with Crippen LogP contribution in [0.15, 0.2) is 11.4 Å².